The maximum Gasteiger partial charge on any atom is 0.267 e. The molecular weight excluding hydrogens is 348 g/mol. The molecule has 0 fully saturated rings. The fraction of sp³-hybridized carbons (Fsp3) is 0.571. The molecule has 0 bridgehead atoms. The molecule has 1 aliphatic heterocycles. The molecule has 7 nitrogen and oxygen atoms in total. The number of halogens is 1. The average molecular weight is 367 g/mol. The summed E-state index contributed by atoms with van der Waals surface area (Å²) in [4.78, 5) is 19.1. The van der Waals surface area contributed by atoms with Gasteiger partial charge in [-0.3, -0.25) is 9.36 Å². The lowest BCUT2D eigenvalue weighted by Gasteiger charge is -2.14. The Morgan fingerprint density at radius 1 is 1.27 bits per heavy atom. The van der Waals surface area contributed by atoms with Gasteiger partial charge in [0.1, 0.15) is 5.82 Å². The first-order valence-corrected chi connectivity index (χ1v) is 8.25. The highest BCUT2D eigenvalue weighted by Crippen LogP contribution is 2.28. The second-order valence-electron chi connectivity index (χ2n) is 5.66. The maximum atomic E-state index is 12.8. The lowest BCUT2D eigenvalue weighted by molar-refractivity contribution is 0.603. The van der Waals surface area contributed by atoms with Crippen molar-refractivity contribution in [1.29, 1.82) is 0 Å². The Morgan fingerprint density at radius 3 is 2.73 bits per heavy atom. The van der Waals surface area contributed by atoms with Crippen LogP contribution in [0.5, 0.6) is 0 Å². The number of aliphatic imine (C=N–C) groups is 1. The average Bonchev–Trinajstić information content (AvgIpc) is 3.06. The molecule has 0 aliphatic carbocycles. The van der Waals surface area contributed by atoms with Crippen molar-refractivity contribution in [3.63, 3.8) is 0 Å². The quantitative estimate of drug-likeness (QED) is 0.760. The van der Waals surface area contributed by atoms with Crippen LogP contribution in [0.25, 0.3) is 5.78 Å². The van der Waals surface area contributed by atoms with E-state index in [2.05, 4.69) is 38.0 Å². The van der Waals surface area contributed by atoms with Crippen LogP contribution >= 0.6 is 15.9 Å². The topological polar surface area (TPSA) is 67.8 Å². The van der Waals surface area contributed by atoms with Crippen molar-refractivity contribution in [1.82, 2.24) is 19.2 Å². The lowest BCUT2D eigenvalue weighted by atomic mass is 10.2. The SMILES string of the molecule is CCCCCn1c2c(c(=O)n3c(N(C)C)nnc13)CC(Br)=N2. The van der Waals surface area contributed by atoms with E-state index >= 15 is 0 Å². The number of aromatic nitrogens is 4. The Morgan fingerprint density at radius 2 is 2.05 bits per heavy atom. The van der Waals surface area contributed by atoms with Gasteiger partial charge in [0, 0.05) is 27.1 Å². The minimum absolute atomic E-state index is 0.0800. The summed E-state index contributed by atoms with van der Waals surface area (Å²) in [7, 11) is 3.72. The summed E-state index contributed by atoms with van der Waals surface area (Å²) in [5.74, 6) is 1.84. The third-order valence-corrected chi connectivity index (χ3v) is 4.25. The third kappa shape index (κ3) is 2.35. The Kier molecular flexibility index (Phi) is 4.03. The molecule has 0 saturated carbocycles. The van der Waals surface area contributed by atoms with Crippen molar-refractivity contribution in [2.24, 2.45) is 4.99 Å². The van der Waals surface area contributed by atoms with Crippen molar-refractivity contribution in [3.8, 4) is 0 Å². The van der Waals surface area contributed by atoms with E-state index in [0.717, 1.165) is 36.2 Å². The lowest BCUT2D eigenvalue weighted by Crippen LogP contribution is -2.25. The zero-order valence-electron chi connectivity index (χ0n) is 13.0. The monoisotopic (exact) mass is 366 g/mol. The molecule has 0 N–H and O–H groups in total. The smallest absolute Gasteiger partial charge is 0.267 e. The van der Waals surface area contributed by atoms with E-state index in [9.17, 15) is 4.79 Å². The Labute approximate surface area is 136 Å². The Hall–Kier alpha value is -1.70. The first-order valence-electron chi connectivity index (χ1n) is 7.45. The van der Waals surface area contributed by atoms with E-state index in [1.807, 2.05) is 18.7 Å². The molecule has 0 saturated heterocycles. The molecule has 22 heavy (non-hydrogen) atoms. The second-order valence-corrected chi connectivity index (χ2v) is 6.58. The molecule has 118 valence electrons. The first-order chi connectivity index (χ1) is 10.5. The predicted molar refractivity (Wildman–Crippen MR) is 90.8 cm³/mol. The van der Waals surface area contributed by atoms with Gasteiger partial charge in [0.2, 0.25) is 11.7 Å². The van der Waals surface area contributed by atoms with Crippen LogP contribution in [0.1, 0.15) is 31.7 Å². The number of fused-ring (bicyclic) bond motifs is 2. The van der Waals surface area contributed by atoms with Gasteiger partial charge in [-0.25, -0.2) is 9.39 Å². The molecule has 0 aromatic carbocycles. The fourth-order valence-electron chi connectivity index (χ4n) is 2.71. The number of hydrogen-bond acceptors (Lipinski definition) is 5. The van der Waals surface area contributed by atoms with Gasteiger partial charge < -0.3 is 4.90 Å². The molecule has 2 aromatic heterocycles. The summed E-state index contributed by atoms with van der Waals surface area (Å²) >= 11 is 3.42. The van der Waals surface area contributed by atoms with Crippen molar-refractivity contribution >= 4 is 38.1 Å². The number of unbranched alkanes of at least 4 members (excludes halogenated alkanes) is 2. The summed E-state index contributed by atoms with van der Waals surface area (Å²) in [6, 6.07) is 0. The van der Waals surface area contributed by atoms with E-state index in [4.69, 9.17) is 0 Å². The van der Waals surface area contributed by atoms with E-state index in [0.29, 0.717) is 23.7 Å². The van der Waals surface area contributed by atoms with Crippen LogP contribution in [-0.4, -0.2) is 37.9 Å². The summed E-state index contributed by atoms with van der Waals surface area (Å²) < 4.78 is 4.39. The highest BCUT2D eigenvalue weighted by atomic mass is 79.9. The fourth-order valence-corrected chi connectivity index (χ4v) is 3.16. The van der Waals surface area contributed by atoms with Crippen LogP contribution in [0.3, 0.4) is 0 Å². The van der Waals surface area contributed by atoms with Gasteiger partial charge in [0.25, 0.3) is 5.56 Å². The number of nitrogens with zero attached hydrogens (tertiary/aromatic N) is 6. The standard InChI is InChI=1S/C14H19BrN6O/c1-4-5-6-7-20-11-9(8-10(15)16-11)12(22)21-13(19(2)3)17-18-14(20)21/h4-8H2,1-3H3. The van der Waals surface area contributed by atoms with Crippen LogP contribution in [0.4, 0.5) is 11.8 Å². The Balaban J connectivity index is 2.24. The summed E-state index contributed by atoms with van der Waals surface area (Å²) in [6.45, 7) is 2.96. The molecule has 0 unspecified atom stereocenters. The highest BCUT2D eigenvalue weighted by Gasteiger charge is 2.25. The van der Waals surface area contributed by atoms with Crippen LogP contribution in [0, 0.1) is 0 Å². The molecule has 1 aliphatic rings. The van der Waals surface area contributed by atoms with Crippen LogP contribution in [0.2, 0.25) is 0 Å². The van der Waals surface area contributed by atoms with Gasteiger partial charge in [0.15, 0.2) is 0 Å². The predicted octanol–water partition coefficient (Wildman–Crippen LogP) is 2.13. The molecule has 3 rings (SSSR count). The molecule has 2 aromatic rings. The van der Waals surface area contributed by atoms with Crippen molar-refractivity contribution in [2.75, 3.05) is 19.0 Å². The summed E-state index contributed by atoms with van der Waals surface area (Å²) in [5, 5.41) is 8.39. The number of aryl methyl sites for hydroxylation is 1. The summed E-state index contributed by atoms with van der Waals surface area (Å²) in [5.41, 5.74) is 0.627. The molecule has 0 amide bonds. The van der Waals surface area contributed by atoms with Gasteiger partial charge in [-0.1, -0.05) is 19.8 Å². The molecule has 3 heterocycles. The zero-order valence-corrected chi connectivity index (χ0v) is 14.6. The van der Waals surface area contributed by atoms with Gasteiger partial charge >= 0.3 is 0 Å². The van der Waals surface area contributed by atoms with E-state index < -0.39 is 0 Å². The van der Waals surface area contributed by atoms with Crippen LogP contribution < -0.4 is 10.5 Å². The third-order valence-electron chi connectivity index (χ3n) is 3.79. The molecule has 0 atom stereocenters. The van der Waals surface area contributed by atoms with Crippen LogP contribution in [0.15, 0.2) is 9.79 Å². The molecule has 0 spiro atoms. The highest BCUT2D eigenvalue weighted by molar-refractivity contribution is 9.18. The number of hydrogen-bond donors (Lipinski definition) is 0. The molecule has 8 heteroatoms. The second kappa shape index (κ2) is 5.83. The van der Waals surface area contributed by atoms with Crippen molar-refractivity contribution in [2.45, 2.75) is 39.2 Å². The minimum Gasteiger partial charge on any atom is -0.347 e. The van der Waals surface area contributed by atoms with Gasteiger partial charge in [-0.2, -0.15) is 0 Å². The van der Waals surface area contributed by atoms with Gasteiger partial charge in [-0.05, 0) is 22.4 Å². The Bertz CT molecular complexity index is 804. The summed E-state index contributed by atoms with van der Waals surface area (Å²) in [6.07, 6.45) is 3.83. The molecule has 0 radical (unpaired) electrons. The molecular formula is C14H19BrN6O. The normalized spacial score (nSPS) is 13.5. The van der Waals surface area contributed by atoms with Crippen LogP contribution in [-0.2, 0) is 13.0 Å². The maximum absolute atomic E-state index is 12.8. The van der Waals surface area contributed by atoms with Gasteiger partial charge in [0.05, 0.1) is 10.2 Å². The first kappa shape index (κ1) is 15.2. The largest absolute Gasteiger partial charge is 0.347 e. The zero-order chi connectivity index (χ0) is 15.9. The number of rotatable bonds is 5. The van der Waals surface area contributed by atoms with Crippen molar-refractivity contribution in [3.05, 3.63) is 15.9 Å². The van der Waals surface area contributed by atoms with E-state index in [-0.39, 0.29) is 5.56 Å². The minimum atomic E-state index is -0.0800. The van der Waals surface area contributed by atoms with E-state index in [1.165, 1.54) is 0 Å². The van der Waals surface area contributed by atoms with E-state index in [1.54, 1.807) is 9.30 Å². The van der Waals surface area contributed by atoms with Gasteiger partial charge in [-0.15, -0.1) is 10.2 Å². The van der Waals surface area contributed by atoms with Crippen molar-refractivity contribution < 1.29 is 0 Å². The number of anilines is 1.